The molecule has 1 aliphatic heterocycles. The summed E-state index contributed by atoms with van der Waals surface area (Å²) in [6, 6.07) is 21.6. The van der Waals surface area contributed by atoms with Crippen LogP contribution in [0.15, 0.2) is 84.1 Å². The Labute approximate surface area is 218 Å². The quantitative estimate of drug-likeness (QED) is 0.357. The zero-order chi connectivity index (χ0) is 25.9. The van der Waals surface area contributed by atoms with Gasteiger partial charge in [-0.3, -0.25) is 14.5 Å². The number of para-hydroxylation sites is 2. The number of halogens is 1. The molecule has 5 heteroatoms. The minimum Gasteiger partial charge on any atom is -0.357 e. The van der Waals surface area contributed by atoms with E-state index in [4.69, 9.17) is 0 Å². The molecular weight excluding hydrogens is 463 g/mol. The van der Waals surface area contributed by atoms with Crippen LogP contribution in [0.25, 0.3) is 0 Å². The van der Waals surface area contributed by atoms with Crippen LogP contribution in [-0.2, 0) is 9.59 Å². The Morgan fingerprint density at radius 2 is 1.70 bits per heavy atom. The highest BCUT2D eigenvalue weighted by molar-refractivity contribution is 6.06. The predicted molar refractivity (Wildman–Crippen MR) is 146 cm³/mol. The van der Waals surface area contributed by atoms with Gasteiger partial charge in [0.1, 0.15) is 5.82 Å². The number of allylic oxidation sites excluding steroid dienone is 1. The second kappa shape index (κ2) is 10.7. The van der Waals surface area contributed by atoms with E-state index in [1.54, 1.807) is 23.1 Å². The summed E-state index contributed by atoms with van der Waals surface area (Å²) in [7, 11) is 0. The highest BCUT2D eigenvalue weighted by Gasteiger charge is 2.42. The van der Waals surface area contributed by atoms with Gasteiger partial charge in [0, 0.05) is 29.7 Å². The van der Waals surface area contributed by atoms with Gasteiger partial charge in [-0.1, -0.05) is 79.9 Å². The molecule has 4 nitrogen and oxygen atoms in total. The van der Waals surface area contributed by atoms with Crippen LogP contribution < -0.4 is 10.2 Å². The minimum absolute atomic E-state index is 0.0135. The number of aryl methyl sites for hydroxylation is 1. The standard InChI is InChI=1S/C32H33FN2O2/c1-3-4-5-14-30(37)35-28-13-9-8-12-26(28)34-27-19-23(22-17-15-21(2)16-18-22)20-29(36)31(27)32(35)24-10-6-7-11-25(24)33/h6-13,15-18,23,32,34H,3-5,14,19-20H2,1-2H3/t23-,32-/m0/s1. The molecular formula is C32H33FN2O2. The number of fused-ring (bicyclic) bond motifs is 1. The Bertz CT molecular complexity index is 1340. The summed E-state index contributed by atoms with van der Waals surface area (Å²) in [5.74, 6) is -0.553. The van der Waals surface area contributed by atoms with Crippen molar-refractivity contribution in [3.63, 3.8) is 0 Å². The molecule has 1 N–H and O–H groups in total. The topological polar surface area (TPSA) is 49.4 Å². The number of benzene rings is 3. The molecule has 0 fully saturated rings. The van der Waals surface area contributed by atoms with E-state index >= 15 is 4.39 Å². The van der Waals surface area contributed by atoms with E-state index in [9.17, 15) is 9.59 Å². The van der Waals surface area contributed by atoms with Gasteiger partial charge in [0.05, 0.1) is 17.4 Å². The van der Waals surface area contributed by atoms with E-state index in [0.717, 1.165) is 36.2 Å². The third-order valence-electron chi connectivity index (χ3n) is 7.50. The summed E-state index contributed by atoms with van der Waals surface area (Å²) in [5, 5.41) is 3.52. The normalized spacial score (nSPS) is 19.1. The van der Waals surface area contributed by atoms with Crippen LogP contribution >= 0.6 is 0 Å². The van der Waals surface area contributed by atoms with E-state index in [-0.39, 0.29) is 17.6 Å². The van der Waals surface area contributed by atoms with Crippen molar-refractivity contribution in [3.05, 3.63) is 107 Å². The molecule has 1 aliphatic carbocycles. The van der Waals surface area contributed by atoms with E-state index in [1.807, 2.05) is 31.2 Å². The first-order chi connectivity index (χ1) is 18.0. The lowest BCUT2D eigenvalue weighted by Crippen LogP contribution is -2.38. The summed E-state index contributed by atoms with van der Waals surface area (Å²) in [4.78, 5) is 29.4. The lowest BCUT2D eigenvalue weighted by Gasteiger charge is -2.35. The Morgan fingerprint density at radius 1 is 0.973 bits per heavy atom. The van der Waals surface area contributed by atoms with Gasteiger partial charge in [-0.2, -0.15) is 0 Å². The van der Waals surface area contributed by atoms with Gasteiger partial charge >= 0.3 is 0 Å². The molecule has 0 saturated carbocycles. The number of unbranched alkanes of at least 4 members (excludes halogenated alkanes) is 2. The summed E-state index contributed by atoms with van der Waals surface area (Å²) in [6.45, 7) is 4.14. The van der Waals surface area contributed by atoms with E-state index in [2.05, 4.69) is 36.5 Å². The monoisotopic (exact) mass is 496 g/mol. The molecule has 190 valence electrons. The molecule has 3 aromatic rings. The first-order valence-electron chi connectivity index (χ1n) is 13.2. The highest BCUT2D eigenvalue weighted by Crippen LogP contribution is 2.48. The number of rotatable bonds is 6. The molecule has 0 saturated heterocycles. The third kappa shape index (κ3) is 4.95. The molecule has 2 atom stereocenters. The molecule has 5 rings (SSSR count). The van der Waals surface area contributed by atoms with Crippen molar-refractivity contribution in [1.29, 1.82) is 0 Å². The molecule has 1 heterocycles. The number of hydrogen-bond acceptors (Lipinski definition) is 3. The lowest BCUT2D eigenvalue weighted by atomic mass is 9.78. The Hall–Kier alpha value is -3.73. The first kappa shape index (κ1) is 24.9. The Kier molecular flexibility index (Phi) is 7.22. The average molecular weight is 497 g/mol. The van der Waals surface area contributed by atoms with Crippen molar-refractivity contribution in [2.24, 2.45) is 0 Å². The largest absolute Gasteiger partial charge is 0.357 e. The van der Waals surface area contributed by atoms with Gasteiger partial charge in [0.2, 0.25) is 5.91 Å². The first-order valence-corrected chi connectivity index (χ1v) is 13.2. The maximum Gasteiger partial charge on any atom is 0.227 e. The van der Waals surface area contributed by atoms with Crippen LogP contribution in [0, 0.1) is 12.7 Å². The van der Waals surface area contributed by atoms with Gasteiger partial charge in [-0.15, -0.1) is 0 Å². The number of ketones is 1. The third-order valence-corrected chi connectivity index (χ3v) is 7.50. The Balaban J connectivity index is 1.67. The van der Waals surface area contributed by atoms with Crippen molar-refractivity contribution >= 4 is 23.1 Å². The molecule has 0 bridgehead atoms. The fraction of sp³-hybridized carbons (Fsp3) is 0.312. The van der Waals surface area contributed by atoms with Crippen LogP contribution in [0.2, 0.25) is 0 Å². The second-order valence-corrected chi connectivity index (χ2v) is 10.1. The molecule has 0 unspecified atom stereocenters. The Morgan fingerprint density at radius 3 is 2.46 bits per heavy atom. The maximum absolute atomic E-state index is 15.4. The van der Waals surface area contributed by atoms with E-state index < -0.39 is 11.9 Å². The van der Waals surface area contributed by atoms with E-state index in [0.29, 0.717) is 36.1 Å². The molecule has 0 aromatic heterocycles. The summed E-state index contributed by atoms with van der Waals surface area (Å²) in [5.41, 5.74) is 5.32. The van der Waals surface area contributed by atoms with Gasteiger partial charge in [0.25, 0.3) is 0 Å². The van der Waals surface area contributed by atoms with Crippen molar-refractivity contribution in [2.45, 2.75) is 64.3 Å². The minimum atomic E-state index is -0.826. The second-order valence-electron chi connectivity index (χ2n) is 10.1. The van der Waals surface area contributed by atoms with Crippen LogP contribution in [0.3, 0.4) is 0 Å². The number of carbonyl (C=O) groups excluding carboxylic acids is 2. The molecule has 3 aromatic carbocycles. The number of anilines is 2. The van der Waals surface area contributed by atoms with Crippen LogP contribution in [0.1, 0.15) is 74.1 Å². The molecule has 37 heavy (non-hydrogen) atoms. The highest BCUT2D eigenvalue weighted by atomic mass is 19.1. The predicted octanol–water partition coefficient (Wildman–Crippen LogP) is 7.62. The smallest absolute Gasteiger partial charge is 0.227 e. The van der Waals surface area contributed by atoms with Crippen LogP contribution in [0.5, 0.6) is 0 Å². The van der Waals surface area contributed by atoms with Gasteiger partial charge in [0.15, 0.2) is 5.78 Å². The molecule has 0 radical (unpaired) electrons. The zero-order valence-corrected chi connectivity index (χ0v) is 21.5. The number of hydrogen-bond donors (Lipinski definition) is 1. The number of amides is 1. The van der Waals surface area contributed by atoms with E-state index in [1.165, 1.54) is 11.6 Å². The van der Waals surface area contributed by atoms with Crippen molar-refractivity contribution in [3.8, 4) is 0 Å². The summed E-state index contributed by atoms with van der Waals surface area (Å²) < 4.78 is 15.4. The van der Waals surface area contributed by atoms with Crippen LogP contribution in [0.4, 0.5) is 15.8 Å². The number of Topliss-reactive ketones (excluding diaryl/α,β-unsaturated/α-hetero) is 1. The molecule has 0 spiro atoms. The molecule has 1 amide bonds. The number of nitrogens with zero attached hydrogens (tertiary/aromatic N) is 1. The van der Waals surface area contributed by atoms with Crippen molar-refractivity contribution < 1.29 is 14.0 Å². The zero-order valence-electron chi connectivity index (χ0n) is 21.5. The van der Waals surface area contributed by atoms with Gasteiger partial charge in [-0.05, 0) is 49.4 Å². The number of carbonyl (C=O) groups is 2. The fourth-order valence-corrected chi connectivity index (χ4v) is 5.58. The van der Waals surface area contributed by atoms with Gasteiger partial charge in [-0.25, -0.2) is 4.39 Å². The fourth-order valence-electron chi connectivity index (χ4n) is 5.58. The number of nitrogens with one attached hydrogen (secondary N) is 1. The summed E-state index contributed by atoms with van der Waals surface area (Å²) >= 11 is 0. The van der Waals surface area contributed by atoms with Crippen molar-refractivity contribution in [2.75, 3.05) is 10.2 Å². The lowest BCUT2D eigenvalue weighted by molar-refractivity contribution is -0.119. The van der Waals surface area contributed by atoms with Gasteiger partial charge < -0.3 is 5.32 Å². The maximum atomic E-state index is 15.4. The average Bonchev–Trinajstić information content (AvgIpc) is 3.04. The summed E-state index contributed by atoms with van der Waals surface area (Å²) in [6.07, 6.45) is 3.96. The van der Waals surface area contributed by atoms with Crippen LogP contribution in [-0.4, -0.2) is 11.7 Å². The molecule has 2 aliphatic rings. The SMILES string of the molecule is CCCCCC(=O)N1c2ccccc2NC2=C(C(=O)C[C@@H](c3ccc(C)cc3)C2)[C@@H]1c1ccccc1F. The van der Waals surface area contributed by atoms with Crippen molar-refractivity contribution in [1.82, 2.24) is 0 Å².